The molecule has 0 spiro atoms. The van der Waals surface area contributed by atoms with E-state index >= 15 is 0 Å². The van der Waals surface area contributed by atoms with Crippen molar-refractivity contribution in [2.24, 2.45) is 0 Å². The van der Waals surface area contributed by atoms with Crippen LogP contribution in [0.3, 0.4) is 0 Å². The minimum Gasteiger partial charge on any atom is -0.496 e. The number of methoxy groups -OCH3 is 1. The highest BCUT2D eigenvalue weighted by Crippen LogP contribution is 2.44. The molecule has 0 saturated carbocycles. The predicted octanol–water partition coefficient (Wildman–Crippen LogP) is 3.65. The fourth-order valence-corrected chi connectivity index (χ4v) is 4.02. The van der Waals surface area contributed by atoms with Crippen LogP contribution in [0.2, 0.25) is 0 Å². The van der Waals surface area contributed by atoms with Crippen LogP contribution >= 0.6 is 0 Å². The van der Waals surface area contributed by atoms with Crippen molar-refractivity contribution >= 4 is 27.0 Å². The Morgan fingerprint density at radius 3 is 2.11 bits per heavy atom. The summed E-state index contributed by atoms with van der Waals surface area (Å²) in [5, 5.41) is 0. The maximum Gasteiger partial charge on any atom is 0.340 e. The van der Waals surface area contributed by atoms with E-state index in [4.69, 9.17) is 9.47 Å². The van der Waals surface area contributed by atoms with E-state index in [1.165, 1.54) is 6.26 Å². The Morgan fingerprint density at radius 2 is 1.59 bits per heavy atom. The number of carbonyl (C=O) groups excluding carboxylic acids is 1. The first-order chi connectivity index (χ1) is 12.5. The zero-order valence-electron chi connectivity index (χ0n) is 16.0. The van der Waals surface area contributed by atoms with E-state index in [0.717, 1.165) is 28.0 Å². The van der Waals surface area contributed by atoms with E-state index in [2.05, 4.69) is 0 Å². The van der Waals surface area contributed by atoms with Gasteiger partial charge in [-0.15, -0.1) is 0 Å². The van der Waals surface area contributed by atoms with Crippen molar-refractivity contribution in [3.8, 4) is 5.75 Å². The zero-order valence-corrected chi connectivity index (χ0v) is 16.8. The third-order valence-corrected chi connectivity index (χ3v) is 5.79. The molecule has 0 atom stereocenters. The van der Waals surface area contributed by atoms with Gasteiger partial charge in [0.05, 0.1) is 17.6 Å². The smallest absolute Gasteiger partial charge is 0.340 e. The first-order valence-corrected chi connectivity index (χ1v) is 10.4. The molecule has 1 heterocycles. The second-order valence-electron chi connectivity index (χ2n) is 7.13. The second kappa shape index (κ2) is 6.53. The van der Waals surface area contributed by atoms with E-state index in [-0.39, 0.29) is 4.90 Å². The number of hydrogen-bond acceptors (Lipinski definition) is 5. The molecule has 1 aliphatic heterocycles. The highest BCUT2D eigenvalue weighted by molar-refractivity contribution is 7.90. The van der Waals surface area contributed by atoms with Crippen LogP contribution < -0.4 is 4.74 Å². The lowest BCUT2D eigenvalue weighted by atomic mass is 9.86. The van der Waals surface area contributed by atoms with Crippen molar-refractivity contribution in [2.45, 2.75) is 31.3 Å². The van der Waals surface area contributed by atoms with Crippen LogP contribution in [0.25, 0.3) is 11.1 Å². The van der Waals surface area contributed by atoms with Gasteiger partial charge in [-0.2, -0.15) is 0 Å². The third-order valence-electron chi connectivity index (χ3n) is 4.66. The van der Waals surface area contributed by atoms with Crippen LogP contribution in [0.1, 0.15) is 30.5 Å². The molecule has 0 fully saturated rings. The maximum atomic E-state index is 12.7. The fourth-order valence-electron chi connectivity index (χ4n) is 3.39. The largest absolute Gasteiger partial charge is 0.496 e. The first-order valence-electron chi connectivity index (χ1n) is 8.48. The lowest BCUT2D eigenvalue weighted by Gasteiger charge is -2.22. The number of carbonyl (C=O) groups is 1. The summed E-state index contributed by atoms with van der Waals surface area (Å²) < 4.78 is 34.4. The molecule has 0 aliphatic carbocycles. The quantitative estimate of drug-likeness (QED) is 0.750. The molecule has 0 unspecified atom stereocenters. The first kappa shape index (κ1) is 19.2. The molecule has 5 nitrogen and oxygen atoms in total. The number of esters is 1. The Morgan fingerprint density at radius 1 is 1.00 bits per heavy atom. The van der Waals surface area contributed by atoms with Gasteiger partial charge in [-0.1, -0.05) is 18.2 Å². The minimum absolute atomic E-state index is 0.233. The standard InChI is InChI=1S/C21H22O5S/c1-13-12-15(8-11-17(13)25-4)18-19(21(2,3)26-20(18)22)14-6-9-16(10-7-14)27(5,23)24/h6-12H,1-5H3. The molecule has 142 valence electrons. The molecule has 2 aromatic carbocycles. The SMILES string of the molecule is COc1ccc(C2=C(c3ccc(S(C)(=O)=O)cc3)C(C)(C)OC2=O)cc1C. The molecular formula is C21H22O5S. The highest BCUT2D eigenvalue weighted by atomic mass is 32.2. The van der Waals surface area contributed by atoms with Crippen molar-refractivity contribution in [3.63, 3.8) is 0 Å². The Balaban J connectivity index is 2.21. The third kappa shape index (κ3) is 3.49. The van der Waals surface area contributed by atoms with Crippen LogP contribution in [0.15, 0.2) is 47.4 Å². The van der Waals surface area contributed by atoms with Gasteiger partial charge in [0.25, 0.3) is 0 Å². The van der Waals surface area contributed by atoms with Crippen LogP contribution in [-0.2, 0) is 19.4 Å². The summed E-state index contributed by atoms with van der Waals surface area (Å²) in [7, 11) is -1.69. The molecule has 0 aromatic heterocycles. The lowest BCUT2D eigenvalue weighted by molar-refractivity contribution is -0.141. The average molecular weight is 386 g/mol. The van der Waals surface area contributed by atoms with Gasteiger partial charge in [-0.25, -0.2) is 13.2 Å². The summed E-state index contributed by atoms with van der Waals surface area (Å²) >= 11 is 0. The van der Waals surface area contributed by atoms with Gasteiger partial charge in [0, 0.05) is 11.8 Å². The molecule has 3 rings (SSSR count). The van der Waals surface area contributed by atoms with Crippen LogP contribution in [0, 0.1) is 6.92 Å². The summed E-state index contributed by atoms with van der Waals surface area (Å²) in [6.45, 7) is 5.57. The van der Waals surface area contributed by atoms with Crippen LogP contribution in [0.5, 0.6) is 5.75 Å². The second-order valence-corrected chi connectivity index (χ2v) is 9.15. The molecule has 0 radical (unpaired) electrons. The normalized spacial score (nSPS) is 16.4. The summed E-state index contributed by atoms with van der Waals surface area (Å²) in [5.74, 6) is 0.343. The number of rotatable bonds is 4. The average Bonchev–Trinajstić information content (AvgIpc) is 2.82. The summed E-state index contributed by atoms with van der Waals surface area (Å²) in [5.41, 5.74) is 2.79. The Bertz CT molecular complexity index is 1040. The van der Waals surface area contributed by atoms with Gasteiger partial charge in [-0.3, -0.25) is 0 Å². The summed E-state index contributed by atoms with van der Waals surface area (Å²) in [6, 6.07) is 12.1. The van der Waals surface area contributed by atoms with Gasteiger partial charge in [0.15, 0.2) is 9.84 Å². The minimum atomic E-state index is -3.29. The van der Waals surface area contributed by atoms with E-state index in [1.807, 2.05) is 39.0 Å². The van der Waals surface area contributed by atoms with Crippen molar-refractivity contribution in [1.29, 1.82) is 0 Å². The Hall–Kier alpha value is -2.60. The number of cyclic esters (lactones) is 1. The highest BCUT2D eigenvalue weighted by Gasteiger charge is 2.41. The fraction of sp³-hybridized carbons (Fsp3) is 0.286. The van der Waals surface area contributed by atoms with Gasteiger partial charge in [-0.05, 0) is 61.7 Å². The van der Waals surface area contributed by atoms with Gasteiger partial charge < -0.3 is 9.47 Å². The summed E-state index contributed by atoms with van der Waals surface area (Å²) in [4.78, 5) is 12.9. The molecule has 2 aromatic rings. The number of aryl methyl sites for hydroxylation is 1. The maximum absolute atomic E-state index is 12.7. The van der Waals surface area contributed by atoms with E-state index < -0.39 is 21.4 Å². The predicted molar refractivity (Wildman–Crippen MR) is 104 cm³/mol. The topological polar surface area (TPSA) is 69.7 Å². The van der Waals surface area contributed by atoms with Crippen molar-refractivity contribution in [1.82, 2.24) is 0 Å². The summed E-state index contributed by atoms with van der Waals surface area (Å²) in [6.07, 6.45) is 1.17. The van der Waals surface area contributed by atoms with Crippen LogP contribution in [0.4, 0.5) is 0 Å². The molecule has 0 saturated heterocycles. The van der Waals surface area contributed by atoms with Crippen molar-refractivity contribution in [3.05, 3.63) is 59.2 Å². The molecule has 0 amide bonds. The Kier molecular flexibility index (Phi) is 4.64. The van der Waals surface area contributed by atoms with E-state index in [1.54, 1.807) is 31.4 Å². The zero-order chi connectivity index (χ0) is 20.0. The lowest BCUT2D eigenvalue weighted by Crippen LogP contribution is -2.22. The molecule has 0 bridgehead atoms. The van der Waals surface area contributed by atoms with Crippen LogP contribution in [-0.4, -0.2) is 33.4 Å². The molecular weight excluding hydrogens is 364 g/mol. The van der Waals surface area contributed by atoms with Gasteiger partial charge >= 0.3 is 5.97 Å². The van der Waals surface area contributed by atoms with Crippen molar-refractivity contribution < 1.29 is 22.7 Å². The number of hydrogen-bond donors (Lipinski definition) is 0. The van der Waals surface area contributed by atoms with Crippen molar-refractivity contribution in [2.75, 3.05) is 13.4 Å². The molecule has 6 heteroatoms. The molecule has 1 aliphatic rings. The molecule has 27 heavy (non-hydrogen) atoms. The number of benzene rings is 2. The number of ether oxygens (including phenoxy) is 2. The number of sulfone groups is 1. The monoisotopic (exact) mass is 386 g/mol. The molecule has 0 N–H and O–H groups in total. The Labute approximate surface area is 159 Å². The van der Waals surface area contributed by atoms with E-state index in [9.17, 15) is 13.2 Å². The van der Waals surface area contributed by atoms with Gasteiger partial charge in [0.1, 0.15) is 11.4 Å². The van der Waals surface area contributed by atoms with Gasteiger partial charge in [0.2, 0.25) is 0 Å². The van der Waals surface area contributed by atoms with E-state index in [0.29, 0.717) is 5.57 Å².